The third kappa shape index (κ3) is 3.88. The van der Waals surface area contributed by atoms with Crippen molar-refractivity contribution in [3.63, 3.8) is 0 Å². The first-order valence-electron chi connectivity index (χ1n) is 11.4. The van der Waals surface area contributed by atoms with Crippen LogP contribution in [0.1, 0.15) is 30.1 Å². The van der Waals surface area contributed by atoms with Gasteiger partial charge in [-0.1, -0.05) is 12.2 Å². The molecule has 0 radical (unpaired) electrons. The van der Waals surface area contributed by atoms with Crippen molar-refractivity contribution in [2.75, 3.05) is 31.1 Å². The molecule has 2 aromatic rings. The summed E-state index contributed by atoms with van der Waals surface area (Å²) < 4.78 is 16.8. The van der Waals surface area contributed by atoms with Crippen molar-refractivity contribution in [3.05, 3.63) is 52.1 Å². The molecule has 3 atom stereocenters. The Labute approximate surface area is 196 Å². The van der Waals surface area contributed by atoms with Crippen LogP contribution in [-0.4, -0.2) is 57.9 Å². The molecule has 1 saturated heterocycles. The predicted octanol–water partition coefficient (Wildman–Crippen LogP) is 2.82. The van der Waals surface area contributed by atoms with Crippen molar-refractivity contribution in [1.82, 2.24) is 14.8 Å². The van der Waals surface area contributed by atoms with Gasteiger partial charge in [0.05, 0.1) is 11.2 Å². The van der Waals surface area contributed by atoms with Crippen LogP contribution >= 0.6 is 12.2 Å². The Morgan fingerprint density at radius 2 is 1.97 bits per heavy atom. The zero-order valence-electron chi connectivity index (χ0n) is 18.5. The number of rotatable bonds is 4. The summed E-state index contributed by atoms with van der Waals surface area (Å²) in [5.41, 5.74) is -0.0572. The highest BCUT2D eigenvalue weighted by atomic mass is 32.1. The molecule has 0 spiro atoms. The van der Waals surface area contributed by atoms with Gasteiger partial charge in [0.25, 0.3) is 0 Å². The van der Waals surface area contributed by atoms with Gasteiger partial charge in [-0.25, -0.2) is 9.18 Å². The summed E-state index contributed by atoms with van der Waals surface area (Å²) in [5.74, 6) is -0.586. The number of nitrogens with one attached hydrogen (secondary N) is 1. The summed E-state index contributed by atoms with van der Waals surface area (Å²) in [6, 6.07) is 3.24. The van der Waals surface area contributed by atoms with E-state index in [-0.39, 0.29) is 10.9 Å². The molecule has 9 heteroatoms. The number of aromatic carboxylic acids is 1. The van der Waals surface area contributed by atoms with Crippen molar-refractivity contribution in [2.45, 2.75) is 32.4 Å². The third-order valence-electron chi connectivity index (χ3n) is 7.22. The van der Waals surface area contributed by atoms with Gasteiger partial charge in [-0.05, 0) is 56.0 Å². The fourth-order valence-electron chi connectivity index (χ4n) is 5.40. The smallest absolute Gasteiger partial charge is 0.341 e. The number of carboxylic acids is 1. The molecule has 174 valence electrons. The van der Waals surface area contributed by atoms with Crippen LogP contribution in [0.25, 0.3) is 10.9 Å². The molecule has 2 N–H and O–H groups in total. The van der Waals surface area contributed by atoms with Crippen molar-refractivity contribution >= 4 is 39.9 Å². The number of piperazine rings is 1. The largest absolute Gasteiger partial charge is 0.477 e. The van der Waals surface area contributed by atoms with Crippen LogP contribution < -0.4 is 15.6 Å². The number of hydrogen-bond acceptors (Lipinski definition) is 4. The number of aromatic nitrogens is 1. The maximum Gasteiger partial charge on any atom is 0.341 e. The van der Waals surface area contributed by atoms with Gasteiger partial charge in [0.2, 0.25) is 5.43 Å². The number of carboxylic acid groups (broad SMARTS) is 1. The molecule has 33 heavy (non-hydrogen) atoms. The predicted molar refractivity (Wildman–Crippen MR) is 129 cm³/mol. The highest BCUT2D eigenvalue weighted by molar-refractivity contribution is 7.80. The number of nitrogens with zero attached hydrogens (tertiary/aromatic N) is 3. The quantitative estimate of drug-likeness (QED) is 0.526. The van der Waals surface area contributed by atoms with Crippen LogP contribution in [0.3, 0.4) is 0 Å². The van der Waals surface area contributed by atoms with E-state index < -0.39 is 17.2 Å². The highest BCUT2D eigenvalue weighted by Crippen LogP contribution is 2.39. The van der Waals surface area contributed by atoms with Crippen molar-refractivity contribution in [2.24, 2.45) is 11.8 Å². The van der Waals surface area contributed by atoms with Gasteiger partial charge in [-0.15, -0.1) is 0 Å². The third-order valence-corrected chi connectivity index (χ3v) is 7.59. The van der Waals surface area contributed by atoms with Crippen LogP contribution in [0.4, 0.5) is 10.1 Å². The van der Waals surface area contributed by atoms with E-state index in [1.165, 1.54) is 18.7 Å². The lowest BCUT2D eigenvalue weighted by atomic mass is 10.0. The number of benzene rings is 1. The Balaban J connectivity index is 1.33. The Morgan fingerprint density at radius 3 is 2.58 bits per heavy atom. The molecule has 2 heterocycles. The molecule has 7 nitrogen and oxygen atoms in total. The highest BCUT2D eigenvalue weighted by Gasteiger charge is 2.36. The van der Waals surface area contributed by atoms with Gasteiger partial charge in [-0.2, -0.15) is 0 Å². The second kappa shape index (κ2) is 8.44. The summed E-state index contributed by atoms with van der Waals surface area (Å²) in [6.07, 6.45) is 8.29. The monoisotopic (exact) mass is 470 g/mol. The van der Waals surface area contributed by atoms with Gasteiger partial charge >= 0.3 is 5.97 Å². The summed E-state index contributed by atoms with van der Waals surface area (Å²) >= 11 is 5.66. The van der Waals surface area contributed by atoms with Gasteiger partial charge in [-0.3, -0.25) is 4.79 Å². The minimum Gasteiger partial charge on any atom is -0.477 e. The van der Waals surface area contributed by atoms with E-state index in [4.69, 9.17) is 12.2 Å². The lowest BCUT2D eigenvalue weighted by Gasteiger charge is -2.38. The maximum atomic E-state index is 15.1. The number of hydrogen-bond donors (Lipinski definition) is 2. The lowest BCUT2D eigenvalue weighted by molar-refractivity contribution is 0.0695. The molecule has 2 aliphatic carbocycles. The Hall–Kier alpha value is -2.94. The molecular formula is C24H27FN4O3S. The SMILES string of the molecule is CCn1cc(C(=O)O)c(=O)c2cc(F)c(N3CCN(C(=S)N[C@H]4C[C@@H]5C=C[C@@H]4C5)CC3)cc21. The standard InChI is InChI=1S/C24H27FN4O3S/c1-2-27-13-17(23(31)32)22(30)16-11-18(25)21(12-20(16)27)28-5-7-29(8-6-28)24(33)26-19-10-14-3-4-15(19)9-14/h3-4,11-15,19H,2,5-10H2,1H3,(H,26,33)(H,31,32)/t14-,15-,19+/m1/s1. The van der Waals surface area contributed by atoms with Crippen LogP contribution in [0.2, 0.25) is 0 Å². The van der Waals surface area contributed by atoms with Gasteiger partial charge in [0.1, 0.15) is 11.4 Å². The van der Waals surface area contributed by atoms with Crippen molar-refractivity contribution in [3.8, 4) is 0 Å². The van der Waals surface area contributed by atoms with E-state index in [1.807, 2.05) is 11.8 Å². The van der Waals surface area contributed by atoms with Crippen LogP contribution in [0, 0.1) is 17.7 Å². The zero-order chi connectivity index (χ0) is 23.3. The van der Waals surface area contributed by atoms with E-state index in [0.717, 1.165) is 11.5 Å². The summed E-state index contributed by atoms with van der Waals surface area (Å²) in [6.45, 7) is 4.89. The number of allylic oxidation sites excluding steroid dienone is 1. The average Bonchev–Trinajstić information content (AvgIpc) is 3.42. The second-order valence-electron chi connectivity index (χ2n) is 9.09. The normalized spacial score (nSPS) is 24.0. The van der Waals surface area contributed by atoms with Gasteiger partial charge < -0.3 is 24.8 Å². The topological polar surface area (TPSA) is 77.8 Å². The van der Waals surface area contributed by atoms with E-state index in [1.54, 1.807) is 10.6 Å². The first kappa shape index (κ1) is 21.9. The number of anilines is 1. The number of pyridine rings is 1. The van der Waals surface area contributed by atoms with E-state index in [9.17, 15) is 14.7 Å². The minimum atomic E-state index is -1.31. The number of aryl methyl sites for hydroxylation is 1. The molecule has 1 aliphatic heterocycles. The first-order valence-corrected chi connectivity index (χ1v) is 11.8. The summed E-state index contributed by atoms with van der Waals surface area (Å²) in [7, 11) is 0. The first-order chi connectivity index (χ1) is 15.9. The molecule has 0 unspecified atom stereocenters. The number of thiocarbonyl (C=S) groups is 1. The minimum absolute atomic E-state index is 0.0851. The van der Waals surface area contributed by atoms with Crippen molar-refractivity contribution in [1.29, 1.82) is 0 Å². The van der Waals surface area contributed by atoms with E-state index >= 15 is 4.39 Å². The van der Waals surface area contributed by atoms with E-state index in [0.29, 0.717) is 61.8 Å². The van der Waals surface area contributed by atoms with Crippen molar-refractivity contribution < 1.29 is 14.3 Å². The molecule has 2 fully saturated rings. The Morgan fingerprint density at radius 1 is 1.21 bits per heavy atom. The lowest BCUT2D eigenvalue weighted by Crippen LogP contribution is -2.54. The summed E-state index contributed by atoms with van der Waals surface area (Å²) in [4.78, 5) is 28.1. The Bertz CT molecular complexity index is 1220. The molecule has 2 bridgehead atoms. The maximum absolute atomic E-state index is 15.1. The molecule has 1 saturated carbocycles. The summed E-state index contributed by atoms with van der Waals surface area (Å²) in [5, 5.41) is 13.7. The molecule has 1 aromatic heterocycles. The fraction of sp³-hybridized carbons (Fsp3) is 0.458. The number of halogens is 1. The molecular weight excluding hydrogens is 443 g/mol. The number of fused-ring (bicyclic) bond motifs is 3. The fourth-order valence-corrected chi connectivity index (χ4v) is 5.74. The molecule has 0 amide bonds. The van der Waals surface area contributed by atoms with Gasteiger partial charge in [0.15, 0.2) is 5.11 Å². The molecule has 5 rings (SSSR count). The average molecular weight is 471 g/mol. The Kier molecular flexibility index (Phi) is 5.60. The van der Waals surface area contributed by atoms with Crippen LogP contribution in [-0.2, 0) is 6.54 Å². The molecule has 1 aromatic carbocycles. The van der Waals surface area contributed by atoms with Crippen LogP contribution in [0.15, 0.2) is 35.3 Å². The zero-order valence-corrected chi connectivity index (χ0v) is 19.3. The van der Waals surface area contributed by atoms with Crippen LogP contribution in [0.5, 0.6) is 0 Å². The van der Waals surface area contributed by atoms with E-state index in [2.05, 4.69) is 22.4 Å². The van der Waals surface area contributed by atoms with Gasteiger partial charge in [0, 0.05) is 50.3 Å². The number of carbonyl (C=O) groups is 1. The second-order valence-corrected chi connectivity index (χ2v) is 9.48. The molecule has 3 aliphatic rings.